The zero-order valence-corrected chi connectivity index (χ0v) is 11.9. The molecule has 0 spiro atoms. The van der Waals surface area contributed by atoms with E-state index in [1.54, 1.807) is 0 Å². The fourth-order valence-electron chi connectivity index (χ4n) is 2.34. The zero-order chi connectivity index (χ0) is 13.7. The minimum absolute atomic E-state index is 0.703. The molecule has 19 heavy (non-hydrogen) atoms. The van der Waals surface area contributed by atoms with Crippen molar-refractivity contribution in [2.24, 2.45) is 0 Å². The molecule has 0 fully saturated rings. The second kappa shape index (κ2) is 6.42. The first-order chi connectivity index (χ1) is 9.26. The first-order valence-electron chi connectivity index (χ1n) is 7.02. The molecule has 1 aliphatic rings. The molecule has 0 bridgehead atoms. The maximum atomic E-state index is 5.88. The van der Waals surface area contributed by atoms with Crippen molar-refractivity contribution in [2.75, 3.05) is 6.61 Å². The Labute approximate surface area is 116 Å². The summed E-state index contributed by atoms with van der Waals surface area (Å²) in [4.78, 5) is 0. The fourth-order valence-corrected chi connectivity index (χ4v) is 2.34. The van der Waals surface area contributed by atoms with Crippen LogP contribution in [-0.2, 0) is 12.8 Å². The van der Waals surface area contributed by atoms with Crippen molar-refractivity contribution in [3.05, 3.63) is 65.3 Å². The molecule has 0 radical (unpaired) electrons. The molecule has 0 atom stereocenters. The van der Waals surface area contributed by atoms with Gasteiger partial charge in [0, 0.05) is 6.42 Å². The largest absolute Gasteiger partial charge is 0.489 e. The number of aryl methyl sites for hydroxylation is 1. The predicted molar refractivity (Wildman–Crippen MR) is 81.7 cm³/mol. The van der Waals surface area contributed by atoms with E-state index in [1.807, 2.05) is 6.08 Å². The van der Waals surface area contributed by atoms with Crippen molar-refractivity contribution >= 4 is 0 Å². The SMILES string of the molecule is C=CC=C(C=C1COc2cc(CC)ccc2C1)CC. The van der Waals surface area contributed by atoms with Crippen molar-refractivity contribution in [1.82, 2.24) is 0 Å². The summed E-state index contributed by atoms with van der Waals surface area (Å²) in [5.41, 5.74) is 5.28. The van der Waals surface area contributed by atoms with E-state index in [0.29, 0.717) is 6.61 Å². The topological polar surface area (TPSA) is 9.23 Å². The van der Waals surface area contributed by atoms with E-state index in [1.165, 1.54) is 22.3 Å². The minimum atomic E-state index is 0.703. The van der Waals surface area contributed by atoms with Crippen LogP contribution in [0.3, 0.4) is 0 Å². The molecule has 1 heterocycles. The van der Waals surface area contributed by atoms with Gasteiger partial charge in [0.05, 0.1) is 0 Å². The molecule has 0 aromatic heterocycles. The Morgan fingerprint density at radius 1 is 1.37 bits per heavy atom. The summed E-state index contributed by atoms with van der Waals surface area (Å²) in [6.07, 6.45) is 9.24. The molecule has 0 amide bonds. The van der Waals surface area contributed by atoms with Crippen molar-refractivity contribution in [3.8, 4) is 5.75 Å². The van der Waals surface area contributed by atoms with E-state index in [-0.39, 0.29) is 0 Å². The highest BCUT2D eigenvalue weighted by molar-refractivity contribution is 5.43. The number of hydrogen-bond acceptors (Lipinski definition) is 1. The van der Waals surface area contributed by atoms with Gasteiger partial charge in [-0.15, -0.1) is 0 Å². The molecule has 0 aliphatic carbocycles. The molecule has 1 aromatic carbocycles. The van der Waals surface area contributed by atoms with Crippen LogP contribution in [0.4, 0.5) is 0 Å². The van der Waals surface area contributed by atoms with Gasteiger partial charge in [0.25, 0.3) is 0 Å². The molecule has 0 unspecified atom stereocenters. The standard InChI is InChI=1S/C18H22O/c1-4-7-14(5-2)10-16-11-17-9-8-15(6-3)12-18(17)19-13-16/h4,7-10,12H,1,5-6,11,13H2,2-3H3. The van der Waals surface area contributed by atoms with E-state index in [4.69, 9.17) is 4.74 Å². The van der Waals surface area contributed by atoms with Crippen LogP contribution >= 0.6 is 0 Å². The fraction of sp³-hybridized carbons (Fsp3) is 0.333. The Balaban J connectivity index is 2.20. The summed E-state index contributed by atoms with van der Waals surface area (Å²) >= 11 is 0. The maximum absolute atomic E-state index is 5.88. The molecule has 2 rings (SSSR count). The second-order valence-electron chi connectivity index (χ2n) is 4.89. The number of rotatable bonds is 4. The van der Waals surface area contributed by atoms with E-state index in [2.05, 4.69) is 50.8 Å². The average molecular weight is 254 g/mol. The minimum Gasteiger partial charge on any atom is -0.489 e. The van der Waals surface area contributed by atoms with Crippen molar-refractivity contribution in [3.63, 3.8) is 0 Å². The summed E-state index contributed by atoms with van der Waals surface area (Å²) in [6.45, 7) is 8.80. The van der Waals surface area contributed by atoms with Crippen LogP contribution in [0, 0.1) is 0 Å². The number of ether oxygens (including phenoxy) is 1. The summed E-state index contributed by atoms with van der Waals surface area (Å²) < 4.78 is 5.88. The van der Waals surface area contributed by atoms with E-state index >= 15 is 0 Å². The van der Waals surface area contributed by atoms with Gasteiger partial charge in [-0.2, -0.15) is 0 Å². The van der Waals surface area contributed by atoms with Crippen molar-refractivity contribution in [2.45, 2.75) is 33.1 Å². The van der Waals surface area contributed by atoms with Gasteiger partial charge in [-0.3, -0.25) is 0 Å². The molecule has 1 aromatic rings. The number of allylic oxidation sites excluding steroid dienone is 4. The Kier molecular flexibility index (Phi) is 4.62. The molecule has 1 aliphatic heterocycles. The lowest BCUT2D eigenvalue weighted by Gasteiger charge is -2.21. The third-order valence-corrected chi connectivity index (χ3v) is 3.50. The van der Waals surface area contributed by atoms with Crippen LogP contribution in [0.2, 0.25) is 0 Å². The molecule has 100 valence electrons. The van der Waals surface area contributed by atoms with Crippen LogP contribution in [-0.4, -0.2) is 6.61 Å². The van der Waals surface area contributed by atoms with Gasteiger partial charge in [0.2, 0.25) is 0 Å². The highest BCUT2D eigenvalue weighted by atomic mass is 16.5. The third kappa shape index (κ3) is 3.37. The van der Waals surface area contributed by atoms with Gasteiger partial charge in [-0.1, -0.05) is 50.8 Å². The summed E-state index contributed by atoms with van der Waals surface area (Å²) in [5, 5.41) is 0. The van der Waals surface area contributed by atoms with E-state index in [0.717, 1.165) is 25.0 Å². The molecule has 0 saturated carbocycles. The van der Waals surface area contributed by atoms with Gasteiger partial charge in [0.15, 0.2) is 0 Å². The quantitative estimate of drug-likeness (QED) is 0.712. The van der Waals surface area contributed by atoms with E-state index in [9.17, 15) is 0 Å². The Morgan fingerprint density at radius 2 is 2.21 bits per heavy atom. The van der Waals surface area contributed by atoms with Crippen LogP contribution in [0.15, 0.2) is 54.2 Å². The van der Waals surface area contributed by atoms with Crippen LogP contribution in [0.25, 0.3) is 0 Å². The lowest BCUT2D eigenvalue weighted by atomic mass is 9.97. The Hall–Kier alpha value is -1.76. The Morgan fingerprint density at radius 3 is 2.89 bits per heavy atom. The summed E-state index contributed by atoms with van der Waals surface area (Å²) in [5.74, 6) is 1.06. The third-order valence-electron chi connectivity index (χ3n) is 3.50. The summed E-state index contributed by atoms with van der Waals surface area (Å²) in [6, 6.07) is 6.57. The van der Waals surface area contributed by atoms with Crippen molar-refractivity contribution in [1.29, 1.82) is 0 Å². The number of hydrogen-bond donors (Lipinski definition) is 0. The van der Waals surface area contributed by atoms with Crippen molar-refractivity contribution < 1.29 is 4.74 Å². The van der Waals surface area contributed by atoms with Gasteiger partial charge in [-0.05, 0) is 41.2 Å². The molecule has 1 nitrogen and oxygen atoms in total. The second-order valence-corrected chi connectivity index (χ2v) is 4.89. The first-order valence-corrected chi connectivity index (χ1v) is 7.02. The smallest absolute Gasteiger partial charge is 0.123 e. The first kappa shape index (κ1) is 13.7. The molecule has 1 heteroatoms. The van der Waals surface area contributed by atoms with Crippen LogP contribution < -0.4 is 4.74 Å². The molecular formula is C18H22O. The lowest BCUT2D eigenvalue weighted by molar-refractivity contribution is 0.331. The highest BCUT2D eigenvalue weighted by Crippen LogP contribution is 2.29. The van der Waals surface area contributed by atoms with E-state index < -0.39 is 0 Å². The van der Waals surface area contributed by atoms with Gasteiger partial charge in [0.1, 0.15) is 12.4 Å². The van der Waals surface area contributed by atoms with Gasteiger partial charge in [-0.25, -0.2) is 0 Å². The lowest BCUT2D eigenvalue weighted by Crippen LogP contribution is -2.12. The molecular weight excluding hydrogens is 232 g/mol. The number of fused-ring (bicyclic) bond motifs is 1. The van der Waals surface area contributed by atoms with Crippen LogP contribution in [0.1, 0.15) is 31.4 Å². The molecule has 0 saturated heterocycles. The zero-order valence-electron chi connectivity index (χ0n) is 11.9. The van der Waals surface area contributed by atoms with Gasteiger partial charge < -0.3 is 4.74 Å². The van der Waals surface area contributed by atoms with Crippen LogP contribution in [0.5, 0.6) is 5.75 Å². The number of benzene rings is 1. The van der Waals surface area contributed by atoms with Gasteiger partial charge >= 0.3 is 0 Å². The highest BCUT2D eigenvalue weighted by Gasteiger charge is 2.14. The Bertz CT molecular complexity index is 520. The maximum Gasteiger partial charge on any atom is 0.123 e. The average Bonchev–Trinajstić information content (AvgIpc) is 2.46. The normalized spacial score (nSPS) is 16.9. The summed E-state index contributed by atoms with van der Waals surface area (Å²) in [7, 11) is 0. The predicted octanol–water partition coefficient (Wildman–Crippen LogP) is 4.63. The molecule has 0 N–H and O–H groups in total. The monoisotopic (exact) mass is 254 g/mol.